The van der Waals surface area contributed by atoms with E-state index in [1.807, 2.05) is 0 Å². The van der Waals surface area contributed by atoms with Gasteiger partial charge in [-0.1, -0.05) is 27.7 Å². The van der Waals surface area contributed by atoms with Crippen molar-refractivity contribution in [3.63, 3.8) is 0 Å². The molecule has 3 heteroatoms. The molecule has 1 aromatic rings. The van der Waals surface area contributed by atoms with Crippen molar-refractivity contribution in [2.75, 3.05) is 6.54 Å². The van der Waals surface area contributed by atoms with Crippen molar-refractivity contribution < 1.29 is 8.78 Å². The summed E-state index contributed by atoms with van der Waals surface area (Å²) in [6.45, 7) is 11.1. The molecule has 0 amide bonds. The van der Waals surface area contributed by atoms with Crippen LogP contribution < -0.4 is 5.32 Å². The van der Waals surface area contributed by atoms with Gasteiger partial charge in [0, 0.05) is 17.7 Å². The number of benzene rings is 1. The number of rotatable bonds is 6. The zero-order valence-electron chi connectivity index (χ0n) is 13.3. The highest BCUT2D eigenvalue weighted by atomic mass is 19.1. The first-order chi connectivity index (χ1) is 9.24. The molecule has 0 heterocycles. The molecule has 1 unspecified atom stereocenters. The molecule has 0 saturated carbocycles. The van der Waals surface area contributed by atoms with E-state index in [4.69, 9.17) is 0 Å². The molecule has 0 aliphatic heterocycles. The second kappa shape index (κ2) is 7.16. The van der Waals surface area contributed by atoms with E-state index in [9.17, 15) is 8.78 Å². The van der Waals surface area contributed by atoms with E-state index in [0.29, 0.717) is 11.1 Å². The highest BCUT2D eigenvalue weighted by molar-refractivity contribution is 5.28. The molecule has 0 aliphatic rings. The van der Waals surface area contributed by atoms with Crippen molar-refractivity contribution in [1.82, 2.24) is 5.32 Å². The molecule has 114 valence electrons. The molecular weight excluding hydrogens is 256 g/mol. The minimum absolute atomic E-state index is 0.0477. The Morgan fingerprint density at radius 1 is 1.15 bits per heavy atom. The Morgan fingerprint density at radius 3 is 2.35 bits per heavy atom. The van der Waals surface area contributed by atoms with E-state index < -0.39 is 11.6 Å². The van der Waals surface area contributed by atoms with E-state index in [0.717, 1.165) is 31.9 Å². The van der Waals surface area contributed by atoms with Gasteiger partial charge >= 0.3 is 0 Å². The smallest absolute Gasteiger partial charge is 0.130 e. The number of nitrogens with one attached hydrogen (secondary N) is 1. The second-order valence-electron chi connectivity index (χ2n) is 6.73. The summed E-state index contributed by atoms with van der Waals surface area (Å²) in [6, 6.07) is 2.59. The summed E-state index contributed by atoms with van der Waals surface area (Å²) in [7, 11) is 0. The minimum atomic E-state index is -0.476. The Bertz CT molecular complexity index is 435. The molecule has 20 heavy (non-hydrogen) atoms. The molecule has 0 aromatic heterocycles. The predicted octanol–water partition coefficient (Wildman–Crippen LogP) is 5.14. The van der Waals surface area contributed by atoms with Gasteiger partial charge < -0.3 is 5.32 Å². The minimum Gasteiger partial charge on any atom is -0.310 e. The number of aryl methyl sites for hydroxylation is 1. The molecule has 1 nitrogen and oxygen atoms in total. The SMILES string of the molecule is CCCNC(CCC(C)(C)C)c1cc(C)c(F)cc1F. The van der Waals surface area contributed by atoms with Crippen LogP contribution in [-0.2, 0) is 0 Å². The third-order valence-corrected chi connectivity index (χ3v) is 3.48. The first-order valence-corrected chi connectivity index (χ1v) is 7.43. The van der Waals surface area contributed by atoms with Crippen molar-refractivity contribution in [2.24, 2.45) is 5.41 Å². The lowest BCUT2D eigenvalue weighted by Crippen LogP contribution is -2.24. The number of hydrogen-bond acceptors (Lipinski definition) is 1. The quantitative estimate of drug-likeness (QED) is 0.762. The third kappa shape index (κ3) is 5.20. The molecule has 0 bridgehead atoms. The summed E-state index contributed by atoms with van der Waals surface area (Å²) in [5.74, 6) is -0.924. The van der Waals surface area contributed by atoms with Crippen LogP contribution in [0.5, 0.6) is 0 Å². The Hall–Kier alpha value is -0.960. The molecule has 0 aliphatic carbocycles. The van der Waals surface area contributed by atoms with Crippen LogP contribution in [0.2, 0.25) is 0 Å². The molecule has 0 spiro atoms. The molecule has 1 atom stereocenters. The summed E-state index contributed by atoms with van der Waals surface area (Å²) in [5.41, 5.74) is 1.29. The van der Waals surface area contributed by atoms with Crippen molar-refractivity contribution in [3.05, 3.63) is 34.9 Å². The third-order valence-electron chi connectivity index (χ3n) is 3.48. The Kier molecular flexibility index (Phi) is 6.12. The van der Waals surface area contributed by atoms with Crippen LogP contribution in [0.1, 0.15) is 64.1 Å². The van der Waals surface area contributed by atoms with E-state index in [1.165, 1.54) is 0 Å². The maximum Gasteiger partial charge on any atom is 0.130 e. The fraction of sp³-hybridized carbons (Fsp3) is 0.647. The largest absolute Gasteiger partial charge is 0.310 e. The molecule has 1 N–H and O–H groups in total. The molecule has 0 fully saturated rings. The van der Waals surface area contributed by atoms with Crippen LogP contribution in [0, 0.1) is 24.0 Å². The monoisotopic (exact) mass is 283 g/mol. The van der Waals surface area contributed by atoms with Crippen LogP contribution in [-0.4, -0.2) is 6.54 Å². The van der Waals surface area contributed by atoms with E-state index in [1.54, 1.807) is 13.0 Å². The fourth-order valence-electron chi connectivity index (χ4n) is 2.21. The average Bonchev–Trinajstić information content (AvgIpc) is 2.33. The van der Waals surface area contributed by atoms with Gasteiger partial charge in [0.2, 0.25) is 0 Å². The lowest BCUT2D eigenvalue weighted by atomic mass is 9.86. The average molecular weight is 283 g/mol. The normalized spacial score (nSPS) is 13.6. The van der Waals surface area contributed by atoms with E-state index in [2.05, 4.69) is 33.0 Å². The maximum atomic E-state index is 14.0. The summed E-state index contributed by atoms with van der Waals surface area (Å²) in [6.07, 6.45) is 2.84. The topological polar surface area (TPSA) is 12.0 Å². The Labute approximate surface area is 121 Å². The molecular formula is C17H27F2N. The number of hydrogen-bond donors (Lipinski definition) is 1. The van der Waals surface area contributed by atoms with Gasteiger partial charge in [-0.15, -0.1) is 0 Å². The lowest BCUT2D eigenvalue weighted by Gasteiger charge is -2.25. The summed E-state index contributed by atoms with van der Waals surface area (Å²) < 4.78 is 27.4. The van der Waals surface area contributed by atoms with Crippen molar-refractivity contribution in [2.45, 2.75) is 59.9 Å². The highest BCUT2D eigenvalue weighted by Gasteiger charge is 2.20. The van der Waals surface area contributed by atoms with Crippen molar-refractivity contribution in [1.29, 1.82) is 0 Å². The van der Waals surface area contributed by atoms with Crippen LogP contribution in [0.3, 0.4) is 0 Å². The van der Waals surface area contributed by atoms with Gasteiger partial charge in [-0.25, -0.2) is 8.78 Å². The predicted molar refractivity (Wildman–Crippen MR) is 80.8 cm³/mol. The first-order valence-electron chi connectivity index (χ1n) is 7.43. The van der Waals surface area contributed by atoms with Gasteiger partial charge in [-0.05, 0) is 49.8 Å². The van der Waals surface area contributed by atoms with Gasteiger partial charge in [0.15, 0.2) is 0 Å². The first kappa shape index (κ1) is 17.1. The maximum absolute atomic E-state index is 14.0. The zero-order valence-corrected chi connectivity index (χ0v) is 13.3. The Balaban J connectivity index is 2.95. The molecule has 1 rings (SSSR count). The number of halogens is 2. The standard InChI is InChI=1S/C17H27F2N/c1-6-9-20-16(7-8-17(3,4)5)13-10-12(2)14(18)11-15(13)19/h10-11,16,20H,6-9H2,1-5H3. The lowest BCUT2D eigenvalue weighted by molar-refractivity contribution is 0.328. The van der Waals surface area contributed by atoms with Crippen LogP contribution in [0.4, 0.5) is 8.78 Å². The molecule has 0 saturated heterocycles. The molecule has 1 aromatic carbocycles. The summed E-state index contributed by atoms with van der Waals surface area (Å²) in [4.78, 5) is 0. The van der Waals surface area contributed by atoms with Crippen LogP contribution in [0.25, 0.3) is 0 Å². The summed E-state index contributed by atoms with van der Waals surface area (Å²) in [5, 5.41) is 3.38. The molecule has 0 radical (unpaired) electrons. The van der Waals surface area contributed by atoms with Gasteiger partial charge in [-0.2, -0.15) is 0 Å². The summed E-state index contributed by atoms with van der Waals surface area (Å²) >= 11 is 0. The van der Waals surface area contributed by atoms with E-state index in [-0.39, 0.29) is 11.5 Å². The van der Waals surface area contributed by atoms with Gasteiger partial charge in [0.25, 0.3) is 0 Å². The zero-order chi connectivity index (χ0) is 15.3. The Morgan fingerprint density at radius 2 is 1.80 bits per heavy atom. The van der Waals surface area contributed by atoms with Crippen molar-refractivity contribution >= 4 is 0 Å². The van der Waals surface area contributed by atoms with Gasteiger partial charge in [0.1, 0.15) is 11.6 Å². The second-order valence-corrected chi connectivity index (χ2v) is 6.73. The van der Waals surface area contributed by atoms with Gasteiger partial charge in [-0.3, -0.25) is 0 Å². The van der Waals surface area contributed by atoms with E-state index >= 15 is 0 Å². The highest BCUT2D eigenvalue weighted by Crippen LogP contribution is 2.29. The van der Waals surface area contributed by atoms with Crippen molar-refractivity contribution in [3.8, 4) is 0 Å². The fourth-order valence-corrected chi connectivity index (χ4v) is 2.21. The van der Waals surface area contributed by atoms with Gasteiger partial charge in [0.05, 0.1) is 0 Å². The van der Waals surface area contributed by atoms with Crippen LogP contribution in [0.15, 0.2) is 12.1 Å². The van der Waals surface area contributed by atoms with Crippen LogP contribution >= 0.6 is 0 Å².